The van der Waals surface area contributed by atoms with Crippen LogP contribution in [0.1, 0.15) is 16.7 Å². The van der Waals surface area contributed by atoms with Crippen molar-refractivity contribution in [1.82, 2.24) is 0 Å². The lowest BCUT2D eigenvalue weighted by Crippen LogP contribution is -2.17. The van der Waals surface area contributed by atoms with Gasteiger partial charge in [0.15, 0.2) is 4.90 Å². The van der Waals surface area contributed by atoms with Crippen LogP contribution in [0.3, 0.4) is 0 Å². The summed E-state index contributed by atoms with van der Waals surface area (Å²) in [6.07, 6.45) is 0. The highest BCUT2D eigenvalue weighted by Gasteiger charge is 2.42. The van der Waals surface area contributed by atoms with Crippen LogP contribution >= 0.6 is 10.3 Å². The highest BCUT2D eigenvalue weighted by atomic mass is 32.3. The lowest BCUT2D eigenvalue weighted by Gasteiger charge is -2.41. The van der Waals surface area contributed by atoms with E-state index in [0.717, 1.165) is 31.4 Å². The Balaban J connectivity index is 2.12. The molecule has 0 atom stereocenters. The fraction of sp³-hybridized carbons (Fsp3) is 0.200. The summed E-state index contributed by atoms with van der Waals surface area (Å²) in [5, 5.41) is 0. The molecule has 0 heterocycles. The molecule has 0 aliphatic carbocycles. The standard InChI is InChI=1S/C30H32O6S2/c1-21-17-22(2)29(23(3)18-21)37(25-13-9-7-10-14-25,26-15-11-8-12-16-26)36-38(31,32)30-27(34-5)19-24(33-4)20-28(30)35-6/h7-20H,1-6H3. The minimum Gasteiger partial charge on any atom is -0.496 e. The Morgan fingerprint density at radius 3 is 1.42 bits per heavy atom. The van der Waals surface area contributed by atoms with Gasteiger partial charge in [0.05, 0.1) is 21.3 Å². The zero-order valence-electron chi connectivity index (χ0n) is 22.3. The monoisotopic (exact) mass is 552 g/mol. The second-order valence-electron chi connectivity index (χ2n) is 8.79. The Bertz CT molecular complexity index is 1450. The average molecular weight is 553 g/mol. The van der Waals surface area contributed by atoms with E-state index in [1.807, 2.05) is 81.4 Å². The van der Waals surface area contributed by atoms with E-state index in [4.69, 9.17) is 17.8 Å². The molecule has 0 fully saturated rings. The van der Waals surface area contributed by atoms with E-state index < -0.39 is 20.4 Å². The van der Waals surface area contributed by atoms with Crippen molar-refractivity contribution in [1.29, 1.82) is 0 Å². The van der Waals surface area contributed by atoms with Gasteiger partial charge in [0.1, 0.15) is 17.2 Å². The largest absolute Gasteiger partial charge is 0.496 e. The van der Waals surface area contributed by atoms with Gasteiger partial charge >= 0.3 is 10.1 Å². The Morgan fingerprint density at radius 2 is 1.03 bits per heavy atom. The van der Waals surface area contributed by atoms with Crippen LogP contribution in [0.4, 0.5) is 0 Å². The molecule has 0 N–H and O–H groups in total. The number of hydrogen-bond donors (Lipinski definition) is 0. The van der Waals surface area contributed by atoms with Crippen LogP contribution in [-0.2, 0) is 13.7 Å². The third-order valence-corrected chi connectivity index (χ3v) is 11.7. The van der Waals surface area contributed by atoms with Gasteiger partial charge in [-0.25, -0.2) is 3.63 Å². The van der Waals surface area contributed by atoms with Gasteiger partial charge in [0.25, 0.3) is 0 Å². The molecule has 0 amide bonds. The summed E-state index contributed by atoms with van der Waals surface area (Å²) in [4.78, 5) is 2.12. The predicted molar refractivity (Wildman–Crippen MR) is 150 cm³/mol. The van der Waals surface area contributed by atoms with Gasteiger partial charge in [0, 0.05) is 26.8 Å². The number of methoxy groups -OCH3 is 3. The van der Waals surface area contributed by atoms with Crippen molar-refractivity contribution in [2.24, 2.45) is 0 Å². The molecule has 0 saturated carbocycles. The van der Waals surface area contributed by atoms with Crippen molar-refractivity contribution >= 4 is 20.4 Å². The van der Waals surface area contributed by atoms with Crippen molar-refractivity contribution in [2.75, 3.05) is 21.3 Å². The Morgan fingerprint density at radius 1 is 0.579 bits per heavy atom. The van der Waals surface area contributed by atoms with Gasteiger partial charge in [0.2, 0.25) is 0 Å². The van der Waals surface area contributed by atoms with Crippen molar-refractivity contribution in [2.45, 2.75) is 40.4 Å². The van der Waals surface area contributed by atoms with Crippen molar-refractivity contribution in [3.8, 4) is 17.2 Å². The van der Waals surface area contributed by atoms with Crippen molar-refractivity contribution in [3.63, 3.8) is 0 Å². The first-order valence-electron chi connectivity index (χ1n) is 12.0. The molecule has 0 spiro atoms. The van der Waals surface area contributed by atoms with E-state index in [0.29, 0.717) is 5.75 Å². The number of hydrogen-bond acceptors (Lipinski definition) is 6. The topological polar surface area (TPSA) is 71.1 Å². The first-order chi connectivity index (χ1) is 18.2. The highest BCUT2D eigenvalue weighted by Crippen LogP contribution is 2.72. The second-order valence-corrected chi connectivity index (χ2v) is 13.1. The van der Waals surface area contributed by atoms with Crippen LogP contribution < -0.4 is 14.2 Å². The van der Waals surface area contributed by atoms with Crippen LogP contribution in [0.5, 0.6) is 17.2 Å². The number of rotatable bonds is 9. The zero-order chi connectivity index (χ0) is 27.5. The van der Waals surface area contributed by atoms with Crippen LogP contribution in [0, 0.1) is 20.8 Å². The van der Waals surface area contributed by atoms with E-state index in [2.05, 4.69) is 12.1 Å². The maximum atomic E-state index is 14.4. The summed E-state index contributed by atoms with van der Waals surface area (Å²) >= 11 is 0. The summed E-state index contributed by atoms with van der Waals surface area (Å²) in [5.74, 6) is 0.522. The van der Waals surface area contributed by atoms with Crippen LogP contribution in [0.15, 0.2) is 105 Å². The fourth-order valence-corrected chi connectivity index (χ4v) is 10.6. The molecule has 4 rings (SSSR count). The van der Waals surface area contributed by atoms with Crippen molar-refractivity contribution in [3.05, 3.63) is 102 Å². The molecule has 8 heteroatoms. The van der Waals surface area contributed by atoms with Crippen molar-refractivity contribution < 1.29 is 26.3 Å². The zero-order valence-corrected chi connectivity index (χ0v) is 24.0. The van der Waals surface area contributed by atoms with Gasteiger partial charge in [-0.15, -0.1) is 0 Å². The maximum absolute atomic E-state index is 14.4. The normalized spacial score (nSPS) is 12.2. The van der Waals surface area contributed by atoms with E-state index in [1.165, 1.54) is 33.5 Å². The lowest BCUT2D eigenvalue weighted by molar-refractivity contribution is 0.356. The summed E-state index contributed by atoms with van der Waals surface area (Å²) < 4.78 is 51.7. The van der Waals surface area contributed by atoms with Gasteiger partial charge in [-0.2, -0.15) is 8.42 Å². The molecule has 38 heavy (non-hydrogen) atoms. The number of aryl methyl sites for hydroxylation is 3. The number of ether oxygens (including phenoxy) is 3. The van der Waals surface area contributed by atoms with E-state index in [9.17, 15) is 8.42 Å². The highest BCUT2D eigenvalue weighted by molar-refractivity contribution is 8.33. The second kappa shape index (κ2) is 11.1. The summed E-state index contributed by atoms with van der Waals surface area (Å²) in [6, 6.07) is 26.2. The third-order valence-electron chi connectivity index (χ3n) is 6.15. The third kappa shape index (κ3) is 4.99. The molecule has 0 unspecified atom stereocenters. The summed E-state index contributed by atoms with van der Waals surface area (Å²) in [6.45, 7) is 6.01. The maximum Gasteiger partial charge on any atom is 0.314 e. The quantitative estimate of drug-likeness (QED) is 0.218. The minimum atomic E-state index is -4.49. The van der Waals surface area contributed by atoms with Crippen LogP contribution in [0.25, 0.3) is 0 Å². The molecule has 200 valence electrons. The molecule has 4 aromatic rings. The fourth-order valence-electron chi connectivity index (χ4n) is 4.72. The first-order valence-corrected chi connectivity index (χ1v) is 14.9. The lowest BCUT2D eigenvalue weighted by atomic mass is 10.1. The Kier molecular flexibility index (Phi) is 8.06. The van der Waals surface area contributed by atoms with E-state index in [-0.39, 0.29) is 16.4 Å². The first kappa shape index (κ1) is 27.6. The van der Waals surface area contributed by atoms with Gasteiger partial charge < -0.3 is 14.2 Å². The predicted octanol–water partition coefficient (Wildman–Crippen LogP) is 7.24. The van der Waals surface area contributed by atoms with E-state index >= 15 is 0 Å². The Hall–Kier alpha value is -3.46. The molecule has 0 aliphatic rings. The average Bonchev–Trinajstić information content (AvgIpc) is 2.91. The van der Waals surface area contributed by atoms with Crippen LogP contribution in [0.2, 0.25) is 0 Å². The summed E-state index contributed by atoms with van der Waals surface area (Å²) in [5.41, 5.74) is 2.96. The number of benzene rings is 4. The molecular weight excluding hydrogens is 520 g/mol. The Labute approximate surface area is 226 Å². The minimum absolute atomic E-state index is 0.0629. The van der Waals surface area contributed by atoms with Gasteiger partial charge in [-0.05, 0) is 66.5 Å². The van der Waals surface area contributed by atoms with Crippen LogP contribution in [-0.4, -0.2) is 29.7 Å². The molecule has 0 bridgehead atoms. The molecule has 0 saturated heterocycles. The smallest absolute Gasteiger partial charge is 0.314 e. The summed E-state index contributed by atoms with van der Waals surface area (Å²) in [7, 11) is -3.01. The SMILES string of the molecule is COc1cc(OC)c(S(=O)(=O)OS(c2ccccc2)(c2ccccc2)c2c(C)cc(C)cc2C)c(OC)c1. The van der Waals surface area contributed by atoms with Gasteiger partial charge in [-0.3, -0.25) is 0 Å². The molecule has 4 aromatic carbocycles. The van der Waals surface area contributed by atoms with E-state index in [1.54, 1.807) is 0 Å². The molecule has 0 aliphatic heterocycles. The molecule has 0 aromatic heterocycles. The molecule has 0 radical (unpaired) electrons. The van der Waals surface area contributed by atoms with Gasteiger partial charge in [-0.1, -0.05) is 54.1 Å². The molecule has 6 nitrogen and oxygen atoms in total. The molecular formula is C30H32O6S2.